The van der Waals surface area contributed by atoms with Crippen LogP contribution in [0.5, 0.6) is 5.75 Å². The van der Waals surface area contributed by atoms with Crippen LogP contribution in [0.3, 0.4) is 0 Å². The molecule has 1 aromatic heterocycles. The predicted octanol–water partition coefficient (Wildman–Crippen LogP) is 5.64. The Morgan fingerprint density at radius 2 is 1.94 bits per heavy atom. The first kappa shape index (κ1) is 25.2. The van der Waals surface area contributed by atoms with Crippen molar-refractivity contribution >= 4 is 23.7 Å². The third-order valence-electron chi connectivity index (χ3n) is 7.02. The van der Waals surface area contributed by atoms with E-state index in [1.165, 1.54) is 0 Å². The van der Waals surface area contributed by atoms with Gasteiger partial charge in [-0.05, 0) is 63.6 Å². The van der Waals surface area contributed by atoms with Crippen LogP contribution in [0.25, 0.3) is 11.4 Å². The average Bonchev–Trinajstić information content (AvgIpc) is 3.38. The molecule has 1 N–H and O–H groups in total. The highest BCUT2D eigenvalue weighted by atomic mass is 35.5. The number of hydrogen-bond acceptors (Lipinski definition) is 6. The summed E-state index contributed by atoms with van der Waals surface area (Å²) in [6, 6.07) is 5.57. The molecule has 0 spiro atoms. The van der Waals surface area contributed by atoms with E-state index in [9.17, 15) is 14.7 Å². The highest BCUT2D eigenvalue weighted by molar-refractivity contribution is 6.30. The van der Waals surface area contributed by atoms with Crippen LogP contribution in [-0.4, -0.2) is 51.2 Å². The van der Waals surface area contributed by atoms with Crippen LogP contribution in [0.1, 0.15) is 62.6 Å². The second-order valence-corrected chi connectivity index (χ2v) is 9.93. The number of nitrogens with zero attached hydrogens (tertiary/aromatic N) is 3. The van der Waals surface area contributed by atoms with E-state index < -0.39 is 5.97 Å². The van der Waals surface area contributed by atoms with Crippen molar-refractivity contribution in [2.24, 2.45) is 5.92 Å². The fourth-order valence-electron chi connectivity index (χ4n) is 4.94. The first-order valence-corrected chi connectivity index (χ1v) is 12.6. The summed E-state index contributed by atoms with van der Waals surface area (Å²) in [6.07, 6.45) is 8.20. The minimum Gasteiger partial charge on any atom is -0.487 e. The van der Waals surface area contributed by atoms with Crippen molar-refractivity contribution in [3.63, 3.8) is 0 Å². The molecule has 0 aliphatic heterocycles. The minimum absolute atomic E-state index is 0.0606. The van der Waals surface area contributed by atoms with Crippen molar-refractivity contribution in [2.45, 2.75) is 77.0 Å². The van der Waals surface area contributed by atoms with Gasteiger partial charge in [0.05, 0.1) is 23.9 Å². The van der Waals surface area contributed by atoms with Crippen molar-refractivity contribution in [3.05, 3.63) is 40.7 Å². The van der Waals surface area contributed by atoms with Gasteiger partial charge in [-0.1, -0.05) is 24.4 Å². The van der Waals surface area contributed by atoms with Gasteiger partial charge in [0.1, 0.15) is 6.61 Å². The van der Waals surface area contributed by atoms with Crippen LogP contribution in [0.2, 0.25) is 5.02 Å². The van der Waals surface area contributed by atoms with Gasteiger partial charge in [-0.3, -0.25) is 4.79 Å². The number of aryl methyl sites for hydroxylation is 1. The molecular weight excluding hydrogens is 470 g/mol. The van der Waals surface area contributed by atoms with Crippen LogP contribution >= 0.6 is 11.6 Å². The van der Waals surface area contributed by atoms with E-state index in [0.717, 1.165) is 49.7 Å². The molecule has 1 aromatic carbocycles. The molecule has 1 heterocycles. The zero-order valence-corrected chi connectivity index (χ0v) is 21.0. The number of carbonyl (C=O) groups is 2. The van der Waals surface area contributed by atoms with Gasteiger partial charge in [0.15, 0.2) is 11.6 Å². The van der Waals surface area contributed by atoms with Crippen molar-refractivity contribution in [2.75, 3.05) is 7.05 Å². The number of aromatic nitrogens is 2. The first-order chi connectivity index (χ1) is 16.8. The fourth-order valence-corrected chi connectivity index (χ4v) is 5.13. The second kappa shape index (κ2) is 11.2. The Morgan fingerprint density at radius 3 is 2.66 bits per heavy atom. The predicted molar refractivity (Wildman–Crippen MR) is 131 cm³/mol. The number of carboxylic acids is 1. The highest BCUT2D eigenvalue weighted by Crippen LogP contribution is 2.31. The summed E-state index contributed by atoms with van der Waals surface area (Å²) < 4.78 is 11.7. The van der Waals surface area contributed by atoms with Crippen LogP contribution in [0.15, 0.2) is 24.4 Å². The maximum absolute atomic E-state index is 12.6. The van der Waals surface area contributed by atoms with E-state index in [2.05, 4.69) is 9.97 Å². The summed E-state index contributed by atoms with van der Waals surface area (Å²) in [4.78, 5) is 34.7. The summed E-state index contributed by atoms with van der Waals surface area (Å²) in [5.41, 5.74) is 2.10. The van der Waals surface area contributed by atoms with E-state index in [0.29, 0.717) is 35.1 Å². The molecule has 2 fully saturated rings. The van der Waals surface area contributed by atoms with Crippen molar-refractivity contribution < 1.29 is 24.2 Å². The quantitative estimate of drug-likeness (QED) is 0.523. The Bertz CT molecular complexity index is 1070. The largest absolute Gasteiger partial charge is 0.487 e. The smallest absolute Gasteiger partial charge is 0.410 e. The maximum Gasteiger partial charge on any atom is 0.410 e. The molecular formula is C26H32ClN3O5. The lowest BCUT2D eigenvalue weighted by molar-refractivity contribution is -0.143. The average molecular weight is 502 g/mol. The summed E-state index contributed by atoms with van der Waals surface area (Å²) in [6.45, 7) is 1.90. The molecule has 0 saturated heterocycles. The SMILES string of the molecule is Cc1nc(-c2ccc(Cl)cc2COC(=O)N(C)C2CCCC2)ncc1O[C@H]1CCC[C@H](C(=O)O)C1. The van der Waals surface area contributed by atoms with E-state index in [1.54, 1.807) is 30.3 Å². The molecule has 2 aliphatic carbocycles. The molecule has 0 bridgehead atoms. The molecule has 9 heteroatoms. The van der Waals surface area contributed by atoms with E-state index in [-0.39, 0.29) is 30.8 Å². The molecule has 1 amide bonds. The Hall–Kier alpha value is -2.87. The Kier molecular flexibility index (Phi) is 8.11. The molecule has 35 heavy (non-hydrogen) atoms. The molecule has 0 unspecified atom stereocenters. The molecule has 188 valence electrons. The Morgan fingerprint density at radius 1 is 1.17 bits per heavy atom. The molecule has 8 nitrogen and oxygen atoms in total. The number of aliphatic carboxylic acids is 1. The van der Waals surface area contributed by atoms with Gasteiger partial charge >= 0.3 is 12.1 Å². The van der Waals surface area contributed by atoms with Gasteiger partial charge in [-0.2, -0.15) is 0 Å². The monoisotopic (exact) mass is 501 g/mol. The lowest BCUT2D eigenvalue weighted by atomic mass is 9.87. The van der Waals surface area contributed by atoms with Crippen molar-refractivity contribution in [1.82, 2.24) is 14.9 Å². The molecule has 4 rings (SSSR count). The number of carbonyl (C=O) groups excluding carboxylic acids is 1. The summed E-state index contributed by atoms with van der Waals surface area (Å²) in [5.74, 6) is -0.119. The fraction of sp³-hybridized carbons (Fsp3) is 0.538. The van der Waals surface area contributed by atoms with Crippen molar-refractivity contribution in [1.29, 1.82) is 0 Å². The van der Waals surface area contributed by atoms with Gasteiger partial charge in [0.2, 0.25) is 0 Å². The number of rotatable bonds is 7. The van der Waals surface area contributed by atoms with Gasteiger partial charge in [0, 0.05) is 29.2 Å². The molecule has 2 saturated carbocycles. The standard InChI is InChI=1S/C26H32ClN3O5/c1-16-23(35-21-9-5-6-17(13-21)25(31)32)14-28-24(29-16)22-11-10-19(27)12-18(22)15-34-26(33)30(2)20-7-3-4-8-20/h10-12,14,17,20-21H,3-9,13,15H2,1-2H3,(H,31,32)/t17-,21-/m0/s1. The maximum atomic E-state index is 12.6. The number of carboxylic acid groups (broad SMARTS) is 1. The summed E-state index contributed by atoms with van der Waals surface area (Å²) in [7, 11) is 1.79. The van der Waals surface area contributed by atoms with E-state index >= 15 is 0 Å². The lowest BCUT2D eigenvalue weighted by Gasteiger charge is -2.27. The van der Waals surface area contributed by atoms with Crippen LogP contribution < -0.4 is 4.74 Å². The van der Waals surface area contributed by atoms with Crippen LogP contribution in [0.4, 0.5) is 4.79 Å². The van der Waals surface area contributed by atoms with Gasteiger partial charge in [-0.25, -0.2) is 14.8 Å². The van der Waals surface area contributed by atoms with Crippen LogP contribution in [-0.2, 0) is 16.1 Å². The molecule has 2 atom stereocenters. The Balaban J connectivity index is 1.46. The second-order valence-electron chi connectivity index (χ2n) is 9.49. The number of benzene rings is 1. The summed E-state index contributed by atoms with van der Waals surface area (Å²) in [5, 5.41) is 9.86. The minimum atomic E-state index is -0.771. The van der Waals surface area contributed by atoms with Crippen LogP contribution in [0, 0.1) is 12.8 Å². The number of halogens is 1. The van der Waals surface area contributed by atoms with Gasteiger partial charge in [0.25, 0.3) is 0 Å². The molecule has 2 aliphatic rings. The van der Waals surface area contributed by atoms with Crippen molar-refractivity contribution in [3.8, 4) is 17.1 Å². The topological polar surface area (TPSA) is 102 Å². The zero-order chi connectivity index (χ0) is 24.9. The Labute approximate surface area is 210 Å². The third-order valence-corrected chi connectivity index (χ3v) is 7.26. The first-order valence-electron chi connectivity index (χ1n) is 12.2. The highest BCUT2D eigenvalue weighted by Gasteiger charge is 2.29. The number of amides is 1. The third kappa shape index (κ3) is 6.23. The van der Waals surface area contributed by atoms with E-state index in [1.807, 2.05) is 13.0 Å². The number of hydrogen-bond donors (Lipinski definition) is 1. The van der Waals surface area contributed by atoms with Gasteiger partial charge < -0.3 is 19.5 Å². The van der Waals surface area contributed by atoms with E-state index in [4.69, 9.17) is 21.1 Å². The molecule has 2 aromatic rings. The number of ether oxygens (including phenoxy) is 2. The molecule has 0 radical (unpaired) electrons. The normalized spacial score (nSPS) is 20.4. The van der Waals surface area contributed by atoms with Gasteiger partial charge in [-0.15, -0.1) is 0 Å². The summed E-state index contributed by atoms with van der Waals surface area (Å²) >= 11 is 6.23. The lowest BCUT2D eigenvalue weighted by Crippen LogP contribution is -2.35. The zero-order valence-electron chi connectivity index (χ0n) is 20.2.